The summed E-state index contributed by atoms with van der Waals surface area (Å²) in [5.74, 6) is 0. The van der Waals surface area contributed by atoms with Crippen molar-refractivity contribution in [2.24, 2.45) is 0 Å². The second-order valence-electron chi connectivity index (χ2n) is 5.79. The van der Waals surface area contributed by atoms with Crippen LogP contribution in [0, 0.1) is 0 Å². The number of rotatable bonds is 8. The first-order valence-corrected chi connectivity index (χ1v) is 10.4. The molecule has 0 aromatic heterocycles. The molecule has 0 bridgehead atoms. The number of halogens is 1. The van der Waals surface area contributed by atoms with E-state index in [-0.39, 0.29) is 19.1 Å². The molecule has 0 heterocycles. The molecule has 0 saturated heterocycles. The molecule has 0 aliphatic rings. The van der Waals surface area contributed by atoms with Gasteiger partial charge >= 0.3 is 6.03 Å². The third kappa shape index (κ3) is 7.03. The fourth-order valence-corrected chi connectivity index (χ4v) is 3.31. The van der Waals surface area contributed by atoms with Crippen LogP contribution in [0.25, 0.3) is 0 Å². The average molecular weight is 396 g/mol. The second kappa shape index (κ2) is 9.56. The van der Waals surface area contributed by atoms with Crippen LogP contribution < -0.4 is 10.6 Å². The third-order valence-electron chi connectivity index (χ3n) is 3.71. The Morgan fingerprint density at radius 2 is 1.69 bits per heavy atom. The van der Waals surface area contributed by atoms with Gasteiger partial charge in [-0.25, -0.2) is 17.5 Å². The molecule has 0 aliphatic carbocycles. The van der Waals surface area contributed by atoms with Crippen LogP contribution in [0.4, 0.5) is 10.5 Å². The Morgan fingerprint density at radius 3 is 2.31 bits per heavy atom. The van der Waals surface area contributed by atoms with Gasteiger partial charge in [0, 0.05) is 30.3 Å². The number of para-hydroxylation sites is 1. The smallest absolute Gasteiger partial charge is 0.319 e. The van der Waals surface area contributed by atoms with Crippen LogP contribution in [0.2, 0.25) is 5.02 Å². The number of benzene rings is 2. The topological polar surface area (TPSA) is 78.5 Å². The predicted molar refractivity (Wildman–Crippen MR) is 105 cm³/mol. The van der Waals surface area contributed by atoms with E-state index in [0.717, 1.165) is 5.56 Å². The van der Waals surface area contributed by atoms with Gasteiger partial charge in [-0.15, -0.1) is 0 Å². The fraction of sp³-hybridized carbons (Fsp3) is 0.278. The van der Waals surface area contributed by atoms with Crippen molar-refractivity contribution in [2.75, 3.05) is 31.2 Å². The molecule has 140 valence electrons. The molecule has 2 rings (SSSR count). The summed E-state index contributed by atoms with van der Waals surface area (Å²) in [7, 11) is -3.36. The number of anilines is 1. The summed E-state index contributed by atoms with van der Waals surface area (Å²) in [6.45, 7) is 0.753. The van der Waals surface area contributed by atoms with Gasteiger partial charge in [-0.3, -0.25) is 0 Å². The molecule has 8 heteroatoms. The van der Waals surface area contributed by atoms with Gasteiger partial charge in [-0.05, 0) is 36.2 Å². The highest BCUT2D eigenvalue weighted by Gasteiger charge is 2.16. The summed E-state index contributed by atoms with van der Waals surface area (Å²) in [5.41, 5.74) is 1.67. The van der Waals surface area contributed by atoms with E-state index in [0.29, 0.717) is 23.7 Å². The van der Waals surface area contributed by atoms with Crippen molar-refractivity contribution in [1.82, 2.24) is 9.62 Å². The number of urea groups is 1. The molecule has 0 saturated carbocycles. The Balaban J connectivity index is 1.82. The van der Waals surface area contributed by atoms with Crippen molar-refractivity contribution in [3.05, 3.63) is 65.2 Å². The van der Waals surface area contributed by atoms with Crippen LogP contribution in [0.3, 0.4) is 0 Å². The summed E-state index contributed by atoms with van der Waals surface area (Å²) in [6, 6.07) is 15.9. The first-order valence-electron chi connectivity index (χ1n) is 8.14. The highest BCUT2D eigenvalue weighted by atomic mass is 35.5. The summed E-state index contributed by atoms with van der Waals surface area (Å²) < 4.78 is 25.3. The normalized spacial score (nSPS) is 11.3. The average Bonchev–Trinajstić information content (AvgIpc) is 2.59. The Kier molecular flexibility index (Phi) is 7.44. The molecule has 0 unspecified atom stereocenters. The van der Waals surface area contributed by atoms with E-state index in [9.17, 15) is 13.2 Å². The van der Waals surface area contributed by atoms with E-state index >= 15 is 0 Å². The molecule has 2 amide bonds. The van der Waals surface area contributed by atoms with E-state index in [1.165, 1.54) is 10.6 Å². The molecule has 2 aromatic rings. The maximum atomic E-state index is 12.0. The zero-order valence-electron chi connectivity index (χ0n) is 14.5. The van der Waals surface area contributed by atoms with Gasteiger partial charge in [0.1, 0.15) is 0 Å². The molecule has 2 aromatic carbocycles. The highest BCUT2D eigenvalue weighted by Crippen LogP contribution is 2.11. The van der Waals surface area contributed by atoms with E-state index in [1.807, 2.05) is 30.3 Å². The quantitative estimate of drug-likeness (QED) is 0.721. The van der Waals surface area contributed by atoms with Crippen LogP contribution in [-0.4, -0.2) is 44.6 Å². The maximum Gasteiger partial charge on any atom is 0.319 e. The number of carbonyl (C=O) groups is 1. The van der Waals surface area contributed by atoms with E-state index in [2.05, 4.69) is 10.6 Å². The molecule has 26 heavy (non-hydrogen) atoms. The maximum absolute atomic E-state index is 12.0. The lowest BCUT2D eigenvalue weighted by atomic mass is 10.1. The minimum atomic E-state index is -3.36. The Morgan fingerprint density at radius 1 is 1.04 bits per heavy atom. The number of amides is 2. The van der Waals surface area contributed by atoms with Crippen molar-refractivity contribution in [2.45, 2.75) is 6.42 Å². The summed E-state index contributed by atoms with van der Waals surface area (Å²) >= 11 is 5.85. The fourth-order valence-electron chi connectivity index (χ4n) is 2.34. The van der Waals surface area contributed by atoms with Crippen LogP contribution >= 0.6 is 11.6 Å². The monoisotopic (exact) mass is 395 g/mol. The molecule has 0 aliphatic heterocycles. The third-order valence-corrected chi connectivity index (χ3v) is 5.27. The minimum Gasteiger partial charge on any atom is -0.337 e. The lowest BCUT2D eigenvalue weighted by Gasteiger charge is -2.20. The van der Waals surface area contributed by atoms with Crippen molar-refractivity contribution in [1.29, 1.82) is 0 Å². The van der Waals surface area contributed by atoms with Gasteiger partial charge in [-0.1, -0.05) is 41.9 Å². The van der Waals surface area contributed by atoms with Crippen LogP contribution in [0.5, 0.6) is 0 Å². The minimum absolute atomic E-state index is 0.203. The summed E-state index contributed by atoms with van der Waals surface area (Å²) in [4.78, 5) is 11.9. The largest absolute Gasteiger partial charge is 0.337 e. The van der Waals surface area contributed by atoms with Crippen LogP contribution in [0.15, 0.2) is 54.6 Å². The van der Waals surface area contributed by atoms with Gasteiger partial charge in [0.15, 0.2) is 0 Å². The second-order valence-corrected chi connectivity index (χ2v) is 8.20. The number of nitrogens with one attached hydrogen (secondary N) is 2. The van der Waals surface area contributed by atoms with Crippen LogP contribution in [-0.2, 0) is 16.4 Å². The SMILES string of the molecule is CS(=O)(=O)N(CCNC(=O)Nc1ccccc1)CCc1ccc(Cl)cc1. The molecule has 0 fully saturated rings. The number of sulfonamides is 1. The van der Waals surface area contributed by atoms with E-state index in [4.69, 9.17) is 11.6 Å². The van der Waals surface area contributed by atoms with Crippen molar-refractivity contribution >= 4 is 33.3 Å². The standard InChI is InChI=1S/C18H22ClN3O3S/c1-26(24,25)22(13-11-15-7-9-16(19)10-8-15)14-12-20-18(23)21-17-5-3-2-4-6-17/h2-10H,11-14H2,1H3,(H2,20,21,23). The predicted octanol–water partition coefficient (Wildman–Crippen LogP) is 2.97. The van der Waals surface area contributed by atoms with Crippen molar-refractivity contribution in [3.8, 4) is 0 Å². The number of carbonyl (C=O) groups excluding carboxylic acids is 1. The Hall–Kier alpha value is -2.09. The van der Waals surface area contributed by atoms with Gasteiger partial charge in [0.2, 0.25) is 10.0 Å². The van der Waals surface area contributed by atoms with Gasteiger partial charge < -0.3 is 10.6 Å². The first kappa shape index (κ1) is 20.2. The summed E-state index contributed by atoms with van der Waals surface area (Å²) in [5, 5.41) is 5.99. The van der Waals surface area contributed by atoms with Gasteiger partial charge in [0.25, 0.3) is 0 Å². The zero-order chi connectivity index (χ0) is 19.0. The summed E-state index contributed by atoms with van der Waals surface area (Å²) in [6.07, 6.45) is 1.74. The van der Waals surface area contributed by atoms with E-state index in [1.54, 1.807) is 24.3 Å². The number of nitrogens with zero attached hydrogens (tertiary/aromatic N) is 1. The van der Waals surface area contributed by atoms with E-state index < -0.39 is 10.0 Å². The van der Waals surface area contributed by atoms with Crippen molar-refractivity contribution in [3.63, 3.8) is 0 Å². The molecule has 0 atom stereocenters. The number of hydrogen-bond acceptors (Lipinski definition) is 3. The lowest BCUT2D eigenvalue weighted by molar-refractivity contribution is 0.251. The molecule has 0 radical (unpaired) electrons. The number of hydrogen-bond donors (Lipinski definition) is 2. The highest BCUT2D eigenvalue weighted by molar-refractivity contribution is 7.88. The molecular formula is C18H22ClN3O3S. The Bertz CT molecular complexity index is 811. The molecule has 2 N–H and O–H groups in total. The van der Waals surface area contributed by atoms with Crippen LogP contribution in [0.1, 0.15) is 5.56 Å². The molecule has 0 spiro atoms. The first-order chi connectivity index (χ1) is 12.3. The molecule has 6 nitrogen and oxygen atoms in total. The van der Waals surface area contributed by atoms with Gasteiger partial charge in [0.05, 0.1) is 6.26 Å². The lowest BCUT2D eigenvalue weighted by Crippen LogP contribution is -2.40. The molecular weight excluding hydrogens is 374 g/mol. The van der Waals surface area contributed by atoms with Crippen molar-refractivity contribution < 1.29 is 13.2 Å². The zero-order valence-corrected chi connectivity index (χ0v) is 16.1. The van der Waals surface area contributed by atoms with Gasteiger partial charge in [-0.2, -0.15) is 0 Å². The Labute approximate surface area is 159 Å².